The van der Waals surface area contributed by atoms with Crippen LogP contribution in [-0.4, -0.2) is 72.0 Å². The largest absolute Gasteiger partial charge is 0.457 e. The number of fused-ring (bicyclic) bond motifs is 1. The molecule has 6 aromatic rings. The smallest absolute Gasteiger partial charge is 0.356 e. The van der Waals surface area contributed by atoms with Gasteiger partial charge in [-0.3, -0.25) is 23.8 Å². The number of pyridine rings is 1. The molecule has 0 bridgehead atoms. The van der Waals surface area contributed by atoms with E-state index in [-0.39, 0.29) is 29.3 Å². The topological polar surface area (TPSA) is 131 Å². The number of carbonyl (C=O) groups is 4. The van der Waals surface area contributed by atoms with Crippen molar-refractivity contribution in [3.63, 3.8) is 0 Å². The molecule has 0 aliphatic carbocycles. The number of aliphatic hydroxyl groups is 1. The first kappa shape index (κ1) is 36.6. The molecule has 272 valence electrons. The quantitative estimate of drug-likeness (QED) is 0.0580. The molecule has 1 saturated heterocycles. The fourth-order valence-corrected chi connectivity index (χ4v) is 12.7. The summed E-state index contributed by atoms with van der Waals surface area (Å²) in [5.74, 6) is -3.76. The lowest BCUT2D eigenvalue weighted by molar-refractivity contribution is -0.159. The zero-order valence-electron chi connectivity index (χ0n) is 29.6. The summed E-state index contributed by atoms with van der Waals surface area (Å²) in [5, 5.41) is 13.5. The Morgan fingerprint density at radius 2 is 1.52 bits per heavy atom. The summed E-state index contributed by atoms with van der Waals surface area (Å²) in [6, 6.07) is 31.1. The minimum atomic E-state index is -3.25. The molecular formula is C42H37N4O6PS. The number of benzene rings is 3. The van der Waals surface area contributed by atoms with Crippen LogP contribution in [0.4, 0.5) is 0 Å². The molecule has 10 nitrogen and oxygen atoms in total. The molecule has 0 radical (unpaired) electrons. The van der Waals surface area contributed by atoms with E-state index in [2.05, 4.69) is 16.5 Å². The van der Waals surface area contributed by atoms with E-state index < -0.39 is 42.7 Å². The lowest BCUT2D eigenvalue weighted by atomic mass is 9.75. The number of Topliss-reactive ketones (excluding diaryl/α,β-unsaturated/α-hetero) is 1. The number of imidazole rings is 1. The van der Waals surface area contributed by atoms with Gasteiger partial charge in [0, 0.05) is 37.0 Å². The Hall–Kier alpha value is -5.74. The van der Waals surface area contributed by atoms with E-state index >= 15 is 0 Å². The number of nitrogens with zero attached hydrogens (tertiary/aromatic N) is 4. The van der Waals surface area contributed by atoms with Gasteiger partial charge in [0.1, 0.15) is 28.9 Å². The Morgan fingerprint density at radius 3 is 2.04 bits per heavy atom. The Labute approximate surface area is 316 Å². The van der Waals surface area contributed by atoms with Gasteiger partial charge in [0.25, 0.3) is 0 Å². The molecule has 1 amide bonds. The molecule has 4 heterocycles. The predicted molar refractivity (Wildman–Crippen MR) is 211 cm³/mol. The van der Waals surface area contributed by atoms with Gasteiger partial charge in [-0.2, -0.15) is 0 Å². The molecule has 7 rings (SSSR count). The molecule has 1 aliphatic rings. The number of carbonyl (C=O) groups excluding carboxylic acids is 4. The minimum Gasteiger partial charge on any atom is -0.457 e. The molecule has 0 saturated carbocycles. The van der Waals surface area contributed by atoms with Gasteiger partial charge >= 0.3 is 5.97 Å². The fourth-order valence-electron chi connectivity index (χ4n) is 7.25. The van der Waals surface area contributed by atoms with Crippen LogP contribution >= 0.6 is 18.2 Å². The Balaban J connectivity index is 1.43. The number of hydrogen-bond donors (Lipinski definition) is 1. The number of ketones is 2. The highest BCUT2D eigenvalue weighted by Crippen LogP contribution is 2.50. The van der Waals surface area contributed by atoms with Crippen molar-refractivity contribution in [2.24, 2.45) is 11.8 Å². The molecular weight excluding hydrogens is 720 g/mol. The number of ether oxygens (including phenoxy) is 1. The zero-order valence-corrected chi connectivity index (χ0v) is 31.3. The highest BCUT2D eigenvalue weighted by molar-refractivity contribution is 7.96. The molecule has 54 heavy (non-hydrogen) atoms. The van der Waals surface area contributed by atoms with E-state index in [0.29, 0.717) is 15.3 Å². The molecule has 0 spiro atoms. The van der Waals surface area contributed by atoms with Crippen LogP contribution in [0.5, 0.6) is 0 Å². The van der Waals surface area contributed by atoms with Crippen molar-refractivity contribution in [2.75, 3.05) is 6.61 Å². The van der Waals surface area contributed by atoms with Crippen LogP contribution in [-0.2, 0) is 14.3 Å². The van der Waals surface area contributed by atoms with Crippen LogP contribution in [0.25, 0.3) is 4.83 Å². The van der Waals surface area contributed by atoms with Gasteiger partial charge in [-0.25, -0.2) is 9.78 Å². The van der Waals surface area contributed by atoms with Crippen molar-refractivity contribution >= 4 is 67.8 Å². The number of rotatable bonds is 13. The van der Waals surface area contributed by atoms with Crippen LogP contribution in [0, 0.1) is 11.8 Å². The van der Waals surface area contributed by atoms with Gasteiger partial charge in [0.15, 0.2) is 5.78 Å². The van der Waals surface area contributed by atoms with E-state index in [0.717, 1.165) is 27.3 Å². The van der Waals surface area contributed by atoms with Gasteiger partial charge in [0.2, 0.25) is 11.7 Å². The van der Waals surface area contributed by atoms with Crippen LogP contribution in [0.15, 0.2) is 141 Å². The number of aromatic nitrogens is 3. The highest BCUT2D eigenvalue weighted by Gasteiger charge is 2.58. The van der Waals surface area contributed by atoms with Gasteiger partial charge in [-0.05, 0) is 35.0 Å². The normalized spacial score (nSPS) is 16.6. The Morgan fingerprint density at radius 1 is 0.926 bits per heavy atom. The maximum atomic E-state index is 14.8. The molecule has 1 N–H and O–H groups in total. The summed E-state index contributed by atoms with van der Waals surface area (Å²) < 4.78 is 7.48. The summed E-state index contributed by atoms with van der Waals surface area (Å²) in [7, 11) is 0. The molecule has 3 aromatic carbocycles. The third-order valence-corrected chi connectivity index (χ3v) is 15.1. The minimum absolute atomic E-state index is 0.104. The van der Waals surface area contributed by atoms with Crippen LogP contribution in [0.1, 0.15) is 39.6 Å². The molecule has 3 aromatic heterocycles. The SMILES string of the molecule is C=CCOC(=O)C(N1C(=O)[C@H]([C@@H](C)O)[C@H]1[C@@H](C)C(=O)c1cn2cnc(C(=O)c3cccnc3)c2s1)=P(c1ccccc1)(c1ccccc1)c1ccccc1. The first-order valence-electron chi connectivity index (χ1n) is 17.4. The van der Waals surface area contributed by atoms with Gasteiger partial charge in [-0.1, -0.05) is 111 Å². The molecule has 1 aliphatic heterocycles. The van der Waals surface area contributed by atoms with Crippen molar-refractivity contribution < 1.29 is 29.0 Å². The number of amides is 1. The van der Waals surface area contributed by atoms with E-state index in [1.807, 2.05) is 91.0 Å². The third-order valence-electron chi connectivity index (χ3n) is 9.72. The van der Waals surface area contributed by atoms with Crippen molar-refractivity contribution in [1.29, 1.82) is 0 Å². The fraction of sp³-hybridized carbons (Fsp3) is 0.167. The number of hydrogen-bond acceptors (Lipinski definition) is 9. The van der Waals surface area contributed by atoms with Crippen LogP contribution in [0.2, 0.25) is 0 Å². The number of thiazole rings is 1. The average Bonchev–Trinajstić information content (AvgIpc) is 3.81. The van der Waals surface area contributed by atoms with Gasteiger partial charge < -0.3 is 14.7 Å². The van der Waals surface area contributed by atoms with E-state index in [9.17, 15) is 24.3 Å². The van der Waals surface area contributed by atoms with Crippen LogP contribution in [0.3, 0.4) is 0 Å². The monoisotopic (exact) mass is 756 g/mol. The Kier molecular flexibility index (Phi) is 10.4. The summed E-state index contributed by atoms with van der Waals surface area (Å²) in [6.45, 7) is 3.60. The molecule has 0 unspecified atom stereocenters. The maximum absolute atomic E-state index is 14.8. The number of β-lactam (4-membered cyclic amide) rings is 1. The van der Waals surface area contributed by atoms with Crippen LogP contribution < -0.4 is 15.9 Å². The Bertz CT molecular complexity index is 2310. The predicted octanol–water partition coefficient (Wildman–Crippen LogP) is 4.90. The second-order valence-electron chi connectivity index (χ2n) is 13.0. The summed E-state index contributed by atoms with van der Waals surface area (Å²) in [4.78, 5) is 67.8. The zero-order chi connectivity index (χ0) is 38.0. The third kappa shape index (κ3) is 6.24. The van der Waals surface area contributed by atoms with Crippen molar-refractivity contribution in [1.82, 2.24) is 19.3 Å². The van der Waals surface area contributed by atoms with E-state index in [1.165, 1.54) is 30.4 Å². The molecule has 4 atom stereocenters. The lowest BCUT2D eigenvalue weighted by Gasteiger charge is -2.52. The second-order valence-corrected chi connectivity index (χ2v) is 17.3. The number of aliphatic hydroxyl groups excluding tert-OH is 1. The number of likely N-dealkylation sites (tertiary alicyclic amines) is 1. The first-order valence-corrected chi connectivity index (χ1v) is 20.0. The number of esters is 1. The van der Waals surface area contributed by atoms with Crippen molar-refractivity contribution in [3.8, 4) is 0 Å². The highest BCUT2D eigenvalue weighted by atomic mass is 32.1. The second kappa shape index (κ2) is 15.3. The van der Waals surface area contributed by atoms with E-state index in [4.69, 9.17) is 4.74 Å². The van der Waals surface area contributed by atoms with Crippen molar-refractivity contribution in [3.05, 3.63) is 157 Å². The van der Waals surface area contributed by atoms with Crippen molar-refractivity contribution in [2.45, 2.75) is 26.0 Å². The molecule has 12 heteroatoms. The summed E-state index contributed by atoms with van der Waals surface area (Å²) in [5.41, 5.74) is 0.655. The first-order chi connectivity index (χ1) is 26.2. The summed E-state index contributed by atoms with van der Waals surface area (Å²) >= 11 is 1.12. The average molecular weight is 757 g/mol. The maximum Gasteiger partial charge on any atom is 0.356 e. The standard InChI is InChI=1S/C42H37N4O6PS/c1-4-23-52-42(51)40(53(30-16-8-5-9-17-30,31-18-10-6-11-19-31)32-20-12-7-13-21-32)46-36(34(28(3)47)39(46)50)27(2)37(48)33-25-45-26-44-35(41(45)54-33)38(49)29-15-14-22-43-24-29/h4-22,24-28,34,36,47H,1,23H2,2-3H3/t27-,28-,34-,36-/m1/s1. The van der Waals surface area contributed by atoms with Gasteiger partial charge in [0.05, 0.1) is 22.9 Å². The molecule has 1 fully saturated rings. The van der Waals surface area contributed by atoms with E-state index in [1.54, 1.807) is 35.9 Å². The summed E-state index contributed by atoms with van der Waals surface area (Å²) in [6.07, 6.45) is 6.46. The lowest BCUT2D eigenvalue weighted by Crippen LogP contribution is -2.70. The van der Waals surface area contributed by atoms with Gasteiger partial charge in [-0.15, -0.1) is 11.3 Å².